The molecule has 0 aromatic heterocycles. The van der Waals surface area contributed by atoms with E-state index in [0.717, 1.165) is 5.75 Å². The van der Waals surface area contributed by atoms with Gasteiger partial charge >= 0.3 is 5.97 Å². The Morgan fingerprint density at radius 2 is 2.25 bits per heavy atom. The Kier molecular flexibility index (Phi) is 4.73. The van der Waals surface area contributed by atoms with Crippen molar-refractivity contribution >= 4 is 40.2 Å². The lowest BCUT2D eigenvalue weighted by molar-refractivity contribution is -0.149. The summed E-state index contributed by atoms with van der Waals surface area (Å²) in [6.07, 6.45) is 0. The van der Waals surface area contributed by atoms with Crippen molar-refractivity contribution in [2.75, 3.05) is 12.4 Å². The molecular formula is C10H15NO3S2. The standard InChI is InChI=1S/C10H15NO3S2/c1-6(2)8-5-16-10(15)11(8)9(13)4-14-7(3)12/h6,8H,4-5H2,1-3H3/t8-/m1/s1. The predicted octanol–water partition coefficient (Wildman–Crippen LogP) is 1.43. The molecule has 90 valence electrons. The molecule has 0 unspecified atom stereocenters. The number of rotatable bonds is 3. The van der Waals surface area contributed by atoms with E-state index >= 15 is 0 Å². The molecule has 0 N–H and O–H groups in total. The van der Waals surface area contributed by atoms with Gasteiger partial charge in [-0.15, -0.1) is 0 Å². The summed E-state index contributed by atoms with van der Waals surface area (Å²) < 4.78 is 5.27. The van der Waals surface area contributed by atoms with Crippen molar-refractivity contribution < 1.29 is 14.3 Å². The van der Waals surface area contributed by atoms with Crippen LogP contribution in [0.1, 0.15) is 20.8 Å². The van der Waals surface area contributed by atoms with E-state index in [2.05, 4.69) is 0 Å². The minimum Gasteiger partial charge on any atom is -0.456 e. The molecule has 0 aromatic rings. The van der Waals surface area contributed by atoms with Crippen molar-refractivity contribution in [3.63, 3.8) is 0 Å². The van der Waals surface area contributed by atoms with Gasteiger partial charge in [0, 0.05) is 12.7 Å². The summed E-state index contributed by atoms with van der Waals surface area (Å²) in [5.41, 5.74) is 0. The molecule has 6 heteroatoms. The van der Waals surface area contributed by atoms with Crippen LogP contribution < -0.4 is 0 Å². The van der Waals surface area contributed by atoms with Gasteiger partial charge in [0.25, 0.3) is 5.91 Å². The molecule has 0 aliphatic carbocycles. The highest BCUT2D eigenvalue weighted by Gasteiger charge is 2.35. The maximum atomic E-state index is 11.8. The number of nitrogens with zero attached hydrogens (tertiary/aromatic N) is 1. The number of hydrogen-bond acceptors (Lipinski definition) is 5. The molecule has 1 fully saturated rings. The van der Waals surface area contributed by atoms with Gasteiger partial charge in [-0.3, -0.25) is 14.5 Å². The molecule has 1 saturated heterocycles. The first-order chi connectivity index (χ1) is 7.43. The Morgan fingerprint density at radius 1 is 1.62 bits per heavy atom. The van der Waals surface area contributed by atoms with Crippen LogP contribution in [-0.4, -0.2) is 39.5 Å². The zero-order chi connectivity index (χ0) is 12.3. The van der Waals surface area contributed by atoms with Gasteiger partial charge < -0.3 is 4.74 Å². The van der Waals surface area contributed by atoms with Gasteiger partial charge in [0.1, 0.15) is 4.32 Å². The molecule has 1 aliphatic heterocycles. The van der Waals surface area contributed by atoms with Crippen molar-refractivity contribution in [2.45, 2.75) is 26.8 Å². The number of amides is 1. The number of hydrogen-bond donors (Lipinski definition) is 0. The number of carbonyl (C=O) groups is 2. The lowest BCUT2D eigenvalue weighted by atomic mass is 10.1. The third-order valence-electron chi connectivity index (χ3n) is 2.34. The first kappa shape index (κ1) is 13.4. The van der Waals surface area contributed by atoms with Crippen molar-refractivity contribution in [2.24, 2.45) is 5.92 Å². The molecule has 1 aliphatic rings. The zero-order valence-electron chi connectivity index (χ0n) is 9.56. The summed E-state index contributed by atoms with van der Waals surface area (Å²) in [5, 5.41) is 0. The highest BCUT2D eigenvalue weighted by molar-refractivity contribution is 8.23. The molecule has 1 amide bonds. The van der Waals surface area contributed by atoms with Crippen molar-refractivity contribution in [1.29, 1.82) is 0 Å². The quantitative estimate of drug-likeness (QED) is 0.568. The van der Waals surface area contributed by atoms with Gasteiger partial charge in [-0.25, -0.2) is 0 Å². The summed E-state index contributed by atoms with van der Waals surface area (Å²) in [6.45, 7) is 5.15. The number of esters is 1. The van der Waals surface area contributed by atoms with E-state index < -0.39 is 5.97 Å². The normalized spacial score (nSPS) is 20.4. The van der Waals surface area contributed by atoms with Gasteiger partial charge in [-0.2, -0.15) is 0 Å². The van der Waals surface area contributed by atoms with E-state index in [1.807, 2.05) is 13.8 Å². The molecule has 16 heavy (non-hydrogen) atoms. The van der Waals surface area contributed by atoms with E-state index in [0.29, 0.717) is 10.2 Å². The van der Waals surface area contributed by atoms with Gasteiger partial charge in [0.2, 0.25) is 0 Å². The highest BCUT2D eigenvalue weighted by Crippen LogP contribution is 2.28. The fraction of sp³-hybridized carbons (Fsp3) is 0.700. The second kappa shape index (κ2) is 5.63. The number of thiocarbonyl (C=S) groups is 1. The molecule has 0 spiro atoms. The topological polar surface area (TPSA) is 46.6 Å². The third kappa shape index (κ3) is 3.18. The molecule has 1 heterocycles. The Labute approximate surface area is 105 Å². The summed E-state index contributed by atoms with van der Waals surface area (Å²) in [6, 6.07) is 0.112. The molecule has 4 nitrogen and oxygen atoms in total. The Hall–Kier alpha value is -0.620. The summed E-state index contributed by atoms with van der Waals surface area (Å²) >= 11 is 6.62. The second-order valence-corrected chi connectivity index (χ2v) is 5.59. The average molecular weight is 261 g/mol. The fourth-order valence-corrected chi connectivity index (χ4v) is 3.11. The summed E-state index contributed by atoms with van der Waals surface area (Å²) in [7, 11) is 0. The highest BCUT2D eigenvalue weighted by atomic mass is 32.2. The van der Waals surface area contributed by atoms with E-state index in [4.69, 9.17) is 17.0 Å². The minimum atomic E-state index is -0.452. The molecular weight excluding hydrogens is 246 g/mol. The molecule has 1 rings (SSSR count). The fourth-order valence-electron chi connectivity index (χ4n) is 1.45. The van der Waals surface area contributed by atoms with E-state index in [9.17, 15) is 9.59 Å². The smallest absolute Gasteiger partial charge is 0.303 e. The Bertz CT molecular complexity index is 317. The minimum absolute atomic E-state index is 0.112. The lowest BCUT2D eigenvalue weighted by Gasteiger charge is -2.26. The van der Waals surface area contributed by atoms with Crippen molar-refractivity contribution in [3.8, 4) is 0 Å². The Morgan fingerprint density at radius 3 is 2.75 bits per heavy atom. The monoisotopic (exact) mass is 261 g/mol. The van der Waals surface area contributed by atoms with Crippen LogP contribution in [0.15, 0.2) is 0 Å². The number of carbonyl (C=O) groups excluding carboxylic acids is 2. The molecule has 0 aromatic carbocycles. The van der Waals surface area contributed by atoms with Crippen molar-refractivity contribution in [1.82, 2.24) is 4.90 Å². The van der Waals surface area contributed by atoms with Gasteiger partial charge in [-0.05, 0) is 5.92 Å². The van der Waals surface area contributed by atoms with Gasteiger partial charge in [0.15, 0.2) is 6.61 Å². The van der Waals surface area contributed by atoms with Crippen LogP contribution in [0.5, 0.6) is 0 Å². The maximum Gasteiger partial charge on any atom is 0.303 e. The summed E-state index contributed by atoms with van der Waals surface area (Å²) in [5.74, 6) is 0.479. The van der Waals surface area contributed by atoms with Crippen LogP contribution in [0, 0.1) is 5.92 Å². The average Bonchev–Trinajstić information content (AvgIpc) is 2.56. The predicted molar refractivity (Wildman–Crippen MR) is 67.2 cm³/mol. The second-order valence-electron chi connectivity index (χ2n) is 3.93. The molecule has 0 radical (unpaired) electrons. The Balaban J connectivity index is 2.64. The van der Waals surface area contributed by atoms with Crippen LogP contribution in [0.3, 0.4) is 0 Å². The molecule has 0 bridgehead atoms. The SMILES string of the molecule is CC(=O)OCC(=O)N1C(=S)SC[C@@H]1C(C)C. The molecule has 0 saturated carbocycles. The van der Waals surface area contributed by atoms with Gasteiger partial charge in [0.05, 0.1) is 6.04 Å². The van der Waals surface area contributed by atoms with Gasteiger partial charge in [-0.1, -0.05) is 37.8 Å². The number of ether oxygens (including phenoxy) is 1. The number of thioether (sulfide) groups is 1. The van der Waals surface area contributed by atoms with Crippen LogP contribution in [0.25, 0.3) is 0 Å². The van der Waals surface area contributed by atoms with E-state index in [-0.39, 0.29) is 18.6 Å². The van der Waals surface area contributed by atoms with E-state index in [1.165, 1.54) is 18.7 Å². The van der Waals surface area contributed by atoms with Crippen LogP contribution in [0.4, 0.5) is 0 Å². The van der Waals surface area contributed by atoms with Crippen LogP contribution in [-0.2, 0) is 14.3 Å². The summed E-state index contributed by atoms with van der Waals surface area (Å²) in [4.78, 5) is 24.0. The van der Waals surface area contributed by atoms with Crippen LogP contribution >= 0.6 is 24.0 Å². The van der Waals surface area contributed by atoms with Crippen molar-refractivity contribution in [3.05, 3.63) is 0 Å². The van der Waals surface area contributed by atoms with E-state index in [1.54, 1.807) is 4.90 Å². The largest absolute Gasteiger partial charge is 0.456 e. The zero-order valence-corrected chi connectivity index (χ0v) is 11.2. The lowest BCUT2D eigenvalue weighted by Crippen LogP contribution is -2.43. The van der Waals surface area contributed by atoms with Crippen LogP contribution in [0.2, 0.25) is 0 Å². The third-order valence-corrected chi connectivity index (χ3v) is 3.85. The molecule has 1 atom stereocenters. The first-order valence-corrected chi connectivity index (χ1v) is 6.45. The maximum absolute atomic E-state index is 11.8. The first-order valence-electron chi connectivity index (χ1n) is 5.05.